The van der Waals surface area contributed by atoms with Crippen molar-refractivity contribution >= 4 is 11.8 Å². The Balaban J connectivity index is 1.35. The molecule has 1 N–H and O–H groups in total. The first-order valence-corrected chi connectivity index (χ1v) is 11.0. The first-order chi connectivity index (χ1) is 14.1. The highest BCUT2D eigenvalue weighted by Gasteiger charge is 2.21. The van der Waals surface area contributed by atoms with E-state index in [4.69, 9.17) is 4.74 Å². The molecule has 4 rings (SSSR count). The van der Waals surface area contributed by atoms with Crippen LogP contribution in [0.3, 0.4) is 0 Å². The fourth-order valence-electron chi connectivity index (χ4n) is 3.70. The predicted octanol–water partition coefficient (Wildman–Crippen LogP) is 3.83. The minimum atomic E-state index is -0.585. The number of aromatic nitrogens is 4. The molecule has 0 unspecified atom stereocenters. The Kier molecular flexibility index (Phi) is 6.28. The SMILES string of the molecule is Cc1ccc(C)c(-n2nnnc2SC[C@@H](O)CO[C@H]2CCCc3ccccc32)c1. The van der Waals surface area contributed by atoms with Gasteiger partial charge in [-0.2, -0.15) is 4.68 Å². The second kappa shape index (κ2) is 9.07. The van der Waals surface area contributed by atoms with Crippen LogP contribution < -0.4 is 0 Å². The van der Waals surface area contributed by atoms with E-state index >= 15 is 0 Å². The number of benzene rings is 2. The molecule has 0 fully saturated rings. The Labute approximate surface area is 175 Å². The predicted molar refractivity (Wildman–Crippen MR) is 113 cm³/mol. The summed E-state index contributed by atoms with van der Waals surface area (Å²) in [6, 6.07) is 14.6. The highest BCUT2D eigenvalue weighted by Crippen LogP contribution is 2.32. The molecule has 7 heteroatoms. The van der Waals surface area contributed by atoms with Gasteiger partial charge in [0.05, 0.1) is 24.5 Å². The second-order valence-corrected chi connectivity index (χ2v) is 8.53. The number of tetrazole rings is 1. The van der Waals surface area contributed by atoms with Crippen LogP contribution in [0.5, 0.6) is 0 Å². The van der Waals surface area contributed by atoms with Crippen LogP contribution in [0.1, 0.15) is 41.2 Å². The molecular formula is C22H26N4O2S. The number of ether oxygens (including phenoxy) is 1. The van der Waals surface area contributed by atoms with Crippen molar-refractivity contribution in [1.82, 2.24) is 20.2 Å². The van der Waals surface area contributed by atoms with Gasteiger partial charge < -0.3 is 9.84 Å². The second-order valence-electron chi connectivity index (χ2n) is 7.54. The normalized spacial score (nSPS) is 17.1. The maximum absolute atomic E-state index is 10.5. The zero-order chi connectivity index (χ0) is 20.2. The quantitative estimate of drug-likeness (QED) is 0.597. The molecule has 6 nitrogen and oxygen atoms in total. The maximum atomic E-state index is 10.5. The van der Waals surface area contributed by atoms with Gasteiger partial charge in [0.15, 0.2) is 0 Å². The lowest BCUT2D eigenvalue weighted by Crippen LogP contribution is -2.22. The number of rotatable bonds is 7. The molecule has 0 aliphatic heterocycles. The summed E-state index contributed by atoms with van der Waals surface area (Å²) in [6.45, 7) is 4.39. The molecule has 1 heterocycles. The van der Waals surface area contributed by atoms with Crippen molar-refractivity contribution in [1.29, 1.82) is 0 Å². The summed E-state index contributed by atoms with van der Waals surface area (Å²) >= 11 is 1.44. The van der Waals surface area contributed by atoms with Gasteiger partial charge in [-0.1, -0.05) is 48.2 Å². The van der Waals surface area contributed by atoms with Crippen molar-refractivity contribution < 1.29 is 9.84 Å². The Morgan fingerprint density at radius 2 is 2.10 bits per heavy atom. The molecule has 3 aromatic rings. The average molecular weight is 411 g/mol. The smallest absolute Gasteiger partial charge is 0.214 e. The molecule has 152 valence electrons. The van der Waals surface area contributed by atoms with E-state index in [2.05, 4.69) is 58.0 Å². The van der Waals surface area contributed by atoms with Crippen LogP contribution in [0.2, 0.25) is 0 Å². The van der Waals surface area contributed by atoms with Gasteiger partial charge in [-0.3, -0.25) is 0 Å². The van der Waals surface area contributed by atoms with Crippen LogP contribution in [0.15, 0.2) is 47.6 Å². The standard InChI is InChI=1S/C22H26N4O2S/c1-15-10-11-16(2)20(12-15)26-22(23-24-25-26)29-14-18(27)13-28-21-9-5-7-17-6-3-4-8-19(17)21/h3-4,6,8,10-12,18,21,27H,5,7,9,13-14H2,1-2H3/t18-,21-/m0/s1. The third-order valence-corrected chi connectivity index (χ3v) is 6.31. The average Bonchev–Trinajstić information content (AvgIpc) is 3.21. The van der Waals surface area contributed by atoms with Crippen LogP contribution >= 0.6 is 11.8 Å². The fraction of sp³-hybridized carbons (Fsp3) is 0.409. The lowest BCUT2D eigenvalue weighted by molar-refractivity contribution is -0.00960. The molecule has 0 saturated carbocycles. The fourth-order valence-corrected chi connectivity index (χ4v) is 4.49. The van der Waals surface area contributed by atoms with Gasteiger partial charge in [0.25, 0.3) is 0 Å². The maximum Gasteiger partial charge on any atom is 0.214 e. The van der Waals surface area contributed by atoms with Gasteiger partial charge in [0.2, 0.25) is 5.16 Å². The van der Waals surface area contributed by atoms with Crippen molar-refractivity contribution in [2.24, 2.45) is 0 Å². The zero-order valence-electron chi connectivity index (χ0n) is 16.8. The highest BCUT2D eigenvalue weighted by atomic mass is 32.2. The van der Waals surface area contributed by atoms with Gasteiger partial charge in [-0.05, 0) is 71.9 Å². The summed E-state index contributed by atoms with van der Waals surface area (Å²) in [4.78, 5) is 0. The van der Waals surface area contributed by atoms with E-state index in [9.17, 15) is 5.11 Å². The molecule has 0 bridgehead atoms. The topological polar surface area (TPSA) is 73.1 Å². The van der Waals surface area contributed by atoms with Crippen molar-refractivity contribution in [2.45, 2.75) is 50.5 Å². The van der Waals surface area contributed by atoms with E-state index in [1.807, 2.05) is 13.8 Å². The third-order valence-electron chi connectivity index (χ3n) is 5.24. The number of fused-ring (bicyclic) bond motifs is 1. The monoisotopic (exact) mass is 410 g/mol. The van der Waals surface area contributed by atoms with E-state index < -0.39 is 6.10 Å². The molecule has 0 amide bonds. The minimum absolute atomic E-state index is 0.0693. The summed E-state index contributed by atoms with van der Waals surface area (Å²) in [7, 11) is 0. The Morgan fingerprint density at radius 1 is 1.24 bits per heavy atom. The molecular weight excluding hydrogens is 384 g/mol. The number of thioether (sulfide) groups is 1. The summed E-state index contributed by atoms with van der Waals surface area (Å²) in [5.41, 5.74) is 5.84. The number of aliphatic hydroxyl groups is 1. The molecule has 29 heavy (non-hydrogen) atoms. The van der Waals surface area contributed by atoms with Crippen molar-refractivity contribution in [3.05, 3.63) is 64.7 Å². The first kappa shape index (κ1) is 20.1. The summed E-state index contributed by atoms with van der Waals surface area (Å²) in [5, 5.41) is 23.2. The largest absolute Gasteiger partial charge is 0.390 e. The molecule has 0 spiro atoms. The molecule has 2 atom stereocenters. The molecule has 0 saturated heterocycles. The van der Waals surface area contributed by atoms with Gasteiger partial charge in [0, 0.05) is 5.75 Å². The van der Waals surface area contributed by atoms with Crippen molar-refractivity contribution in [2.75, 3.05) is 12.4 Å². The van der Waals surface area contributed by atoms with Crippen LogP contribution in [-0.4, -0.2) is 43.8 Å². The van der Waals surface area contributed by atoms with Crippen LogP contribution in [0.4, 0.5) is 0 Å². The van der Waals surface area contributed by atoms with E-state index in [-0.39, 0.29) is 6.10 Å². The number of hydrogen-bond donors (Lipinski definition) is 1. The summed E-state index contributed by atoms with van der Waals surface area (Å²) in [6.07, 6.45) is 2.71. The van der Waals surface area contributed by atoms with Crippen LogP contribution in [-0.2, 0) is 11.2 Å². The van der Waals surface area contributed by atoms with Crippen molar-refractivity contribution in [3.63, 3.8) is 0 Å². The Bertz CT molecular complexity index is 975. The molecule has 0 radical (unpaired) electrons. The number of aliphatic hydroxyl groups excluding tert-OH is 1. The first-order valence-electron chi connectivity index (χ1n) is 9.98. The van der Waals surface area contributed by atoms with E-state index in [0.717, 1.165) is 36.1 Å². The Morgan fingerprint density at radius 3 is 3.00 bits per heavy atom. The lowest BCUT2D eigenvalue weighted by Gasteiger charge is -2.26. The van der Waals surface area contributed by atoms with Gasteiger partial charge in [-0.15, -0.1) is 5.10 Å². The number of aryl methyl sites for hydroxylation is 3. The minimum Gasteiger partial charge on any atom is -0.390 e. The van der Waals surface area contributed by atoms with Crippen molar-refractivity contribution in [3.8, 4) is 5.69 Å². The van der Waals surface area contributed by atoms with E-state index in [1.165, 1.54) is 22.9 Å². The number of nitrogens with zero attached hydrogens (tertiary/aromatic N) is 4. The molecule has 1 aromatic heterocycles. The van der Waals surface area contributed by atoms with Gasteiger partial charge in [-0.25, -0.2) is 0 Å². The van der Waals surface area contributed by atoms with E-state index in [0.29, 0.717) is 17.5 Å². The number of hydrogen-bond acceptors (Lipinski definition) is 6. The molecule has 2 aromatic carbocycles. The van der Waals surface area contributed by atoms with E-state index in [1.54, 1.807) is 4.68 Å². The third kappa shape index (κ3) is 4.69. The lowest BCUT2D eigenvalue weighted by atomic mass is 9.89. The molecule has 1 aliphatic rings. The Hall–Kier alpha value is -2.22. The molecule has 1 aliphatic carbocycles. The zero-order valence-corrected chi connectivity index (χ0v) is 17.6. The van der Waals surface area contributed by atoms with Gasteiger partial charge in [0.1, 0.15) is 0 Å². The highest BCUT2D eigenvalue weighted by molar-refractivity contribution is 7.99. The van der Waals surface area contributed by atoms with Crippen LogP contribution in [0.25, 0.3) is 5.69 Å². The summed E-state index contributed by atoms with van der Waals surface area (Å²) in [5.74, 6) is 0.472. The summed E-state index contributed by atoms with van der Waals surface area (Å²) < 4.78 is 7.80. The van der Waals surface area contributed by atoms with Gasteiger partial charge >= 0.3 is 0 Å². The van der Waals surface area contributed by atoms with Crippen LogP contribution in [0, 0.1) is 13.8 Å².